The van der Waals surface area contributed by atoms with Crippen LogP contribution in [0.1, 0.15) is 0 Å². The summed E-state index contributed by atoms with van der Waals surface area (Å²) >= 11 is 11.2. The van der Waals surface area contributed by atoms with Crippen LogP contribution in [0, 0.1) is 0 Å². The first-order valence-corrected chi connectivity index (χ1v) is 4.64. The predicted molar refractivity (Wildman–Crippen MR) is 54.7 cm³/mol. The maximum atomic E-state index is 11.7. The Hall–Kier alpha value is -1.14. The molecule has 0 heterocycles. The molecule has 0 radical (unpaired) electrons. The van der Waals surface area contributed by atoms with Crippen molar-refractivity contribution in [3.05, 3.63) is 28.2 Å². The van der Waals surface area contributed by atoms with E-state index in [1.165, 1.54) is 18.2 Å². The van der Waals surface area contributed by atoms with Gasteiger partial charge >= 0.3 is 12.3 Å². The van der Waals surface area contributed by atoms with Crippen molar-refractivity contribution < 1.29 is 18.0 Å². The van der Waals surface area contributed by atoms with Gasteiger partial charge in [0.1, 0.15) is 0 Å². The van der Waals surface area contributed by atoms with Gasteiger partial charge in [-0.3, -0.25) is 0 Å². The molecule has 0 fully saturated rings. The molecule has 0 atom stereocenters. The molecule has 0 aliphatic heterocycles. The standard InChI is InChI=1S/C8H5Cl2F3N2O/c9-4-1-5(10)3-6(2-4)14-7(16)15-8(11,12)13/h1-3H,(H2,14,15,16). The SMILES string of the molecule is O=C(Nc1cc(Cl)cc(Cl)c1)NC(F)(F)F. The Morgan fingerprint density at radius 3 is 2.06 bits per heavy atom. The summed E-state index contributed by atoms with van der Waals surface area (Å²) in [6.07, 6.45) is -4.79. The van der Waals surface area contributed by atoms with Gasteiger partial charge in [0.15, 0.2) is 0 Å². The number of anilines is 1. The van der Waals surface area contributed by atoms with E-state index in [2.05, 4.69) is 0 Å². The first kappa shape index (κ1) is 12.9. The third-order valence-electron chi connectivity index (χ3n) is 1.38. The van der Waals surface area contributed by atoms with E-state index in [-0.39, 0.29) is 15.7 Å². The lowest BCUT2D eigenvalue weighted by molar-refractivity contribution is -0.144. The fourth-order valence-electron chi connectivity index (χ4n) is 0.917. The van der Waals surface area contributed by atoms with Crippen molar-refractivity contribution >= 4 is 34.9 Å². The van der Waals surface area contributed by atoms with E-state index in [0.29, 0.717) is 0 Å². The van der Waals surface area contributed by atoms with Crippen LogP contribution in [0.3, 0.4) is 0 Å². The number of halogens is 5. The molecule has 88 valence electrons. The lowest BCUT2D eigenvalue weighted by atomic mass is 10.3. The molecule has 3 nitrogen and oxygen atoms in total. The van der Waals surface area contributed by atoms with Crippen LogP contribution in [0.4, 0.5) is 23.7 Å². The van der Waals surface area contributed by atoms with E-state index in [1.807, 2.05) is 5.32 Å². The molecule has 1 rings (SSSR count). The molecule has 1 aromatic carbocycles. The highest BCUT2D eigenvalue weighted by Crippen LogP contribution is 2.22. The van der Waals surface area contributed by atoms with E-state index >= 15 is 0 Å². The summed E-state index contributed by atoms with van der Waals surface area (Å²) in [5.41, 5.74) is 0.0687. The minimum atomic E-state index is -4.79. The molecule has 16 heavy (non-hydrogen) atoms. The van der Waals surface area contributed by atoms with Crippen molar-refractivity contribution in [1.82, 2.24) is 5.32 Å². The summed E-state index contributed by atoms with van der Waals surface area (Å²) < 4.78 is 35.2. The van der Waals surface area contributed by atoms with Gasteiger partial charge in [0, 0.05) is 15.7 Å². The average Bonchev–Trinajstić information content (AvgIpc) is 1.96. The van der Waals surface area contributed by atoms with Gasteiger partial charge in [0.2, 0.25) is 0 Å². The van der Waals surface area contributed by atoms with Crippen LogP contribution >= 0.6 is 23.2 Å². The number of rotatable bonds is 1. The molecule has 0 aliphatic rings. The van der Waals surface area contributed by atoms with Gasteiger partial charge in [-0.05, 0) is 18.2 Å². The third-order valence-corrected chi connectivity index (χ3v) is 1.81. The van der Waals surface area contributed by atoms with Crippen molar-refractivity contribution in [2.24, 2.45) is 0 Å². The van der Waals surface area contributed by atoms with Crippen LogP contribution in [0.15, 0.2) is 18.2 Å². The lowest BCUT2D eigenvalue weighted by Gasteiger charge is -2.10. The largest absolute Gasteiger partial charge is 0.485 e. The zero-order valence-electron chi connectivity index (χ0n) is 7.53. The smallest absolute Gasteiger partial charge is 0.308 e. The Morgan fingerprint density at radius 2 is 1.62 bits per heavy atom. The Kier molecular flexibility index (Phi) is 3.88. The normalized spacial score (nSPS) is 11.1. The minimum absolute atomic E-state index is 0.0687. The number of amides is 2. The van der Waals surface area contributed by atoms with Crippen molar-refractivity contribution in [2.45, 2.75) is 6.30 Å². The quantitative estimate of drug-likeness (QED) is 0.753. The number of urea groups is 1. The van der Waals surface area contributed by atoms with E-state index in [1.54, 1.807) is 0 Å². The Labute approximate surface area is 98.5 Å². The molecule has 0 bridgehead atoms. The van der Waals surface area contributed by atoms with E-state index in [0.717, 1.165) is 5.32 Å². The highest BCUT2D eigenvalue weighted by molar-refractivity contribution is 6.35. The summed E-state index contributed by atoms with van der Waals surface area (Å²) in [6, 6.07) is 2.51. The van der Waals surface area contributed by atoms with Crippen LogP contribution < -0.4 is 10.6 Å². The molecule has 0 aromatic heterocycles. The second kappa shape index (κ2) is 4.80. The van der Waals surface area contributed by atoms with Crippen LogP contribution in [0.2, 0.25) is 10.0 Å². The fourth-order valence-corrected chi connectivity index (χ4v) is 1.44. The lowest BCUT2D eigenvalue weighted by Crippen LogP contribution is -2.40. The second-order valence-corrected chi connectivity index (χ2v) is 3.61. The van der Waals surface area contributed by atoms with Crippen LogP contribution in [-0.4, -0.2) is 12.3 Å². The molecule has 0 spiro atoms. The van der Waals surface area contributed by atoms with Crippen LogP contribution in [-0.2, 0) is 0 Å². The second-order valence-electron chi connectivity index (χ2n) is 2.74. The Bertz CT molecular complexity index is 389. The highest BCUT2D eigenvalue weighted by Gasteiger charge is 2.29. The monoisotopic (exact) mass is 272 g/mol. The summed E-state index contributed by atoms with van der Waals surface area (Å²) in [4.78, 5) is 10.8. The number of hydrogen-bond acceptors (Lipinski definition) is 1. The van der Waals surface area contributed by atoms with Crippen molar-refractivity contribution in [3.8, 4) is 0 Å². The zero-order valence-corrected chi connectivity index (χ0v) is 9.04. The number of alkyl halides is 3. The Balaban J connectivity index is 2.70. The van der Waals surface area contributed by atoms with Gasteiger partial charge in [-0.25, -0.2) is 10.1 Å². The van der Waals surface area contributed by atoms with Gasteiger partial charge in [0.25, 0.3) is 0 Å². The van der Waals surface area contributed by atoms with Gasteiger partial charge in [-0.15, -0.1) is 0 Å². The predicted octanol–water partition coefficient (Wildman–Crippen LogP) is 3.63. The molecule has 2 amide bonds. The number of carbonyl (C=O) groups excluding carboxylic acids is 1. The summed E-state index contributed by atoms with van der Waals surface area (Å²) in [7, 11) is 0. The molecule has 8 heteroatoms. The fraction of sp³-hybridized carbons (Fsp3) is 0.125. The number of hydrogen-bond donors (Lipinski definition) is 2. The van der Waals surface area contributed by atoms with Crippen LogP contribution in [0.25, 0.3) is 0 Å². The molecule has 0 saturated carbocycles. The zero-order chi connectivity index (χ0) is 12.3. The maximum absolute atomic E-state index is 11.7. The molecule has 0 saturated heterocycles. The molecule has 0 unspecified atom stereocenters. The van der Waals surface area contributed by atoms with Gasteiger partial charge in [-0.1, -0.05) is 23.2 Å². The maximum Gasteiger partial charge on any atom is 0.485 e. The van der Waals surface area contributed by atoms with E-state index in [4.69, 9.17) is 23.2 Å². The molecule has 1 aromatic rings. The molecule has 0 aliphatic carbocycles. The molecular formula is C8H5Cl2F3N2O. The third kappa shape index (κ3) is 4.59. The number of carbonyl (C=O) groups is 1. The molecule has 2 N–H and O–H groups in total. The summed E-state index contributed by atoms with van der Waals surface area (Å²) in [5, 5.41) is 3.12. The average molecular weight is 273 g/mol. The van der Waals surface area contributed by atoms with Gasteiger partial charge in [-0.2, -0.15) is 13.2 Å². The minimum Gasteiger partial charge on any atom is -0.308 e. The Morgan fingerprint density at radius 1 is 1.12 bits per heavy atom. The van der Waals surface area contributed by atoms with Crippen molar-refractivity contribution in [2.75, 3.05) is 5.32 Å². The summed E-state index contributed by atoms with van der Waals surface area (Å²) in [5.74, 6) is 0. The van der Waals surface area contributed by atoms with E-state index < -0.39 is 12.3 Å². The van der Waals surface area contributed by atoms with Crippen molar-refractivity contribution in [1.29, 1.82) is 0 Å². The molecular weight excluding hydrogens is 268 g/mol. The van der Waals surface area contributed by atoms with E-state index in [9.17, 15) is 18.0 Å². The highest BCUT2D eigenvalue weighted by atomic mass is 35.5. The first-order valence-electron chi connectivity index (χ1n) is 3.88. The van der Waals surface area contributed by atoms with Crippen LogP contribution in [0.5, 0.6) is 0 Å². The van der Waals surface area contributed by atoms with Gasteiger partial charge < -0.3 is 5.32 Å². The van der Waals surface area contributed by atoms with Gasteiger partial charge in [0.05, 0.1) is 0 Å². The topological polar surface area (TPSA) is 41.1 Å². The van der Waals surface area contributed by atoms with Crippen molar-refractivity contribution in [3.63, 3.8) is 0 Å². The number of benzene rings is 1. The number of nitrogens with one attached hydrogen (secondary N) is 2. The first-order chi connectivity index (χ1) is 7.26. The summed E-state index contributed by atoms with van der Waals surface area (Å²) in [6.45, 7) is 0.